The zero-order chi connectivity index (χ0) is 8.97. The normalized spacial score (nSPS) is 9.42. The molecule has 0 radical (unpaired) electrons. The lowest BCUT2D eigenvalue weighted by Gasteiger charge is -2.00. The molecule has 0 saturated carbocycles. The van der Waals surface area contributed by atoms with E-state index in [1.807, 2.05) is 0 Å². The van der Waals surface area contributed by atoms with Crippen molar-refractivity contribution >= 4 is 5.97 Å². The average molecular weight is 168 g/mol. The lowest BCUT2D eigenvalue weighted by Crippen LogP contribution is -2.09. The summed E-state index contributed by atoms with van der Waals surface area (Å²) in [5, 5.41) is 8.26. The lowest BCUT2D eigenvalue weighted by molar-refractivity contribution is -0.139. The van der Waals surface area contributed by atoms with Gasteiger partial charge in [0.05, 0.1) is 12.4 Å². The van der Waals surface area contributed by atoms with Gasteiger partial charge in [-0.3, -0.25) is 0 Å². The van der Waals surface area contributed by atoms with Gasteiger partial charge in [0.1, 0.15) is 5.82 Å². The van der Waals surface area contributed by atoms with Crippen molar-refractivity contribution in [1.29, 1.82) is 0 Å². The van der Waals surface area contributed by atoms with Gasteiger partial charge < -0.3 is 9.84 Å². The third kappa shape index (κ3) is 2.53. The van der Waals surface area contributed by atoms with Crippen LogP contribution in [0.5, 0.6) is 5.75 Å². The van der Waals surface area contributed by atoms with E-state index in [1.165, 1.54) is 12.4 Å². The van der Waals surface area contributed by atoms with E-state index in [0.29, 0.717) is 11.6 Å². The third-order valence-corrected chi connectivity index (χ3v) is 1.12. The number of aryl methyl sites for hydroxylation is 1. The fraction of sp³-hybridized carbons (Fsp3) is 0.286. The molecule has 0 spiro atoms. The van der Waals surface area contributed by atoms with Gasteiger partial charge in [0.2, 0.25) is 0 Å². The Morgan fingerprint density at radius 1 is 1.58 bits per heavy atom. The molecule has 1 rings (SSSR count). The van der Waals surface area contributed by atoms with Crippen molar-refractivity contribution in [2.24, 2.45) is 0 Å². The number of aromatic nitrogens is 2. The van der Waals surface area contributed by atoms with Crippen LogP contribution in [-0.2, 0) is 4.79 Å². The van der Waals surface area contributed by atoms with E-state index in [1.54, 1.807) is 6.92 Å². The van der Waals surface area contributed by atoms with Crippen molar-refractivity contribution in [1.82, 2.24) is 9.97 Å². The van der Waals surface area contributed by atoms with Crippen LogP contribution in [0.3, 0.4) is 0 Å². The van der Waals surface area contributed by atoms with E-state index in [2.05, 4.69) is 9.97 Å². The number of carbonyl (C=O) groups is 1. The van der Waals surface area contributed by atoms with E-state index in [4.69, 9.17) is 9.84 Å². The lowest BCUT2D eigenvalue weighted by atomic mass is 10.5. The smallest absolute Gasteiger partial charge is 0.341 e. The van der Waals surface area contributed by atoms with Gasteiger partial charge in [0.15, 0.2) is 12.4 Å². The number of rotatable bonds is 3. The van der Waals surface area contributed by atoms with Gasteiger partial charge in [-0.2, -0.15) is 0 Å². The fourth-order valence-corrected chi connectivity index (χ4v) is 0.600. The number of carboxylic acid groups (broad SMARTS) is 1. The molecule has 0 aromatic carbocycles. The van der Waals surface area contributed by atoms with Crippen LogP contribution in [0.2, 0.25) is 0 Å². The number of hydrogen-bond acceptors (Lipinski definition) is 4. The third-order valence-electron chi connectivity index (χ3n) is 1.12. The maximum Gasteiger partial charge on any atom is 0.341 e. The van der Waals surface area contributed by atoms with Crippen LogP contribution in [0, 0.1) is 6.92 Å². The Morgan fingerprint density at radius 2 is 2.17 bits per heavy atom. The highest BCUT2D eigenvalue weighted by atomic mass is 16.5. The van der Waals surface area contributed by atoms with Crippen LogP contribution in [0.4, 0.5) is 0 Å². The van der Waals surface area contributed by atoms with Crippen LogP contribution in [0.1, 0.15) is 5.82 Å². The van der Waals surface area contributed by atoms with Crippen molar-refractivity contribution in [3.05, 3.63) is 18.2 Å². The van der Waals surface area contributed by atoms with E-state index in [-0.39, 0.29) is 6.61 Å². The molecule has 0 saturated heterocycles. The molecule has 1 aromatic heterocycles. The van der Waals surface area contributed by atoms with Crippen LogP contribution < -0.4 is 4.74 Å². The molecule has 1 N–H and O–H groups in total. The number of nitrogens with zero attached hydrogens (tertiary/aromatic N) is 2. The van der Waals surface area contributed by atoms with E-state index in [0.717, 1.165) is 0 Å². The SMILES string of the molecule is Cc1ncc(OCC(=O)O)cn1. The molecule has 0 atom stereocenters. The van der Waals surface area contributed by atoms with Gasteiger partial charge in [0.25, 0.3) is 0 Å². The number of aliphatic carboxylic acids is 1. The molecule has 0 aliphatic carbocycles. The quantitative estimate of drug-likeness (QED) is 0.700. The summed E-state index contributed by atoms with van der Waals surface area (Å²) < 4.78 is 4.80. The second-order valence-corrected chi connectivity index (χ2v) is 2.15. The van der Waals surface area contributed by atoms with Crippen molar-refractivity contribution in [2.75, 3.05) is 6.61 Å². The molecule has 5 heteroatoms. The zero-order valence-corrected chi connectivity index (χ0v) is 6.52. The monoisotopic (exact) mass is 168 g/mol. The minimum Gasteiger partial charge on any atom is -0.479 e. The summed E-state index contributed by atoms with van der Waals surface area (Å²) in [6.45, 7) is 1.37. The molecule has 0 aliphatic rings. The van der Waals surface area contributed by atoms with Gasteiger partial charge >= 0.3 is 5.97 Å². The molecular weight excluding hydrogens is 160 g/mol. The average Bonchev–Trinajstić information content (AvgIpc) is 2.03. The van der Waals surface area contributed by atoms with Crippen LogP contribution >= 0.6 is 0 Å². The molecule has 0 bridgehead atoms. The summed E-state index contributed by atoms with van der Waals surface area (Å²) in [6.07, 6.45) is 2.87. The maximum atomic E-state index is 10.1. The molecule has 0 amide bonds. The minimum absolute atomic E-state index is 0.364. The summed E-state index contributed by atoms with van der Waals surface area (Å²) in [5.74, 6) is -0.0312. The largest absolute Gasteiger partial charge is 0.479 e. The Balaban J connectivity index is 2.53. The predicted molar refractivity (Wildman–Crippen MR) is 39.9 cm³/mol. The first-order valence-electron chi connectivity index (χ1n) is 3.32. The van der Waals surface area contributed by atoms with Gasteiger partial charge in [-0.05, 0) is 6.92 Å². The summed E-state index contributed by atoms with van der Waals surface area (Å²) in [7, 11) is 0. The molecule has 64 valence electrons. The standard InChI is InChI=1S/C7H8N2O3/c1-5-8-2-6(3-9-5)12-4-7(10)11/h2-3H,4H2,1H3,(H,10,11). The van der Waals surface area contributed by atoms with Gasteiger partial charge in [-0.1, -0.05) is 0 Å². The Bertz CT molecular complexity index is 270. The summed E-state index contributed by atoms with van der Waals surface area (Å²) >= 11 is 0. The van der Waals surface area contributed by atoms with Crippen molar-refractivity contribution in [2.45, 2.75) is 6.92 Å². The van der Waals surface area contributed by atoms with E-state index in [9.17, 15) is 4.79 Å². The number of hydrogen-bond donors (Lipinski definition) is 1. The molecule has 0 fully saturated rings. The van der Waals surface area contributed by atoms with Crippen LogP contribution in [-0.4, -0.2) is 27.7 Å². The molecule has 0 aliphatic heterocycles. The Kier molecular flexibility index (Phi) is 2.57. The predicted octanol–water partition coefficient (Wildman–Crippen LogP) is 0.248. The topological polar surface area (TPSA) is 72.3 Å². The van der Waals surface area contributed by atoms with Gasteiger partial charge in [-0.15, -0.1) is 0 Å². The second kappa shape index (κ2) is 3.66. The molecular formula is C7H8N2O3. The van der Waals surface area contributed by atoms with E-state index < -0.39 is 5.97 Å². The zero-order valence-electron chi connectivity index (χ0n) is 6.52. The Labute approximate surface area is 69.0 Å². The summed E-state index contributed by atoms with van der Waals surface area (Å²) in [4.78, 5) is 17.7. The highest BCUT2D eigenvalue weighted by Gasteiger charge is 1.98. The number of carboxylic acids is 1. The van der Waals surface area contributed by atoms with Crippen LogP contribution in [0.15, 0.2) is 12.4 Å². The first kappa shape index (κ1) is 8.45. The molecule has 0 unspecified atom stereocenters. The summed E-state index contributed by atoms with van der Waals surface area (Å²) in [6, 6.07) is 0. The van der Waals surface area contributed by atoms with Gasteiger partial charge in [0, 0.05) is 0 Å². The van der Waals surface area contributed by atoms with Crippen molar-refractivity contribution < 1.29 is 14.6 Å². The Hall–Kier alpha value is -1.65. The highest BCUT2D eigenvalue weighted by molar-refractivity contribution is 5.68. The second-order valence-electron chi connectivity index (χ2n) is 2.15. The first-order chi connectivity index (χ1) is 5.68. The van der Waals surface area contributed by atoms with Crippen LogP contribution in [0.25, 0.3) is 0 Å². The molecule has 12 heavy (non-hydrogen) atoms. The van der Waals surface area contributed by atoms with Crippen molar-refractivity contribution in [3.8, 4) is 5.75 Å². The maximum absolute atomic E-state index is 10.1. The Morgan fingerprint density at radius 3 is 2.67 bits per heavy atom. The highest BCUT2D eigenvalue weighted by Crippen LogP contribution is 2.04. The molecule has 5 nitrogen and oxygen atoms in total. The molecule has 1 heterocycles. The first-order valence-corrected chi connectivity index (χ1v) is 3.32. The number of ether oxygens (including phenoxy) is 1. The van der Waals surface area contributed by atoms with E-state index >= 15 is 0 Å². The van der Waals surface area contributed by atoms with Crippen molar-refractivity contribution in [3.63, 3.8) is 0 Å². The fourth-order valence-electron chi connectivity index (χ4n) is 0.600. The summed E-state index contributed by atoms with van der Waals surface area (Å²) in [5.41, 5.74) is 0. The van der Waals surface area contributed by atoms with Gasteiger partial charge in [-0.25, -0.2) is 14.8 Å². The molecule has 1 aromatic rings. The minimum atomic E-state index is -1.02.